The average molecular weight is 661 g/mol. The van der Waals surface area contributed by atoms with E-state index < -0.39 is 36.0 Å². The van der Waals surface area contributed by atoms with E-state index in [4.69, 9.17) is 16.3 Å². The summed E-state index contributed by atoms with van der Waals surface area (Å²) < 4.78 is 58.4. The Hall–Kier alpha value is -5.05. The Morgan fingerprint density at radius 1 is 1.13 bits per heavy atom. The molecule has 0 spiro atoms. The maximum absolute atomic E-state index is 13.8. The van der Waals surface area contributed by atoms with Crippen LogP contribution in [-0.4, -0.2) is 70.2 Å². The third kappa shape index (κ3) is 7.96. The fraction of sp³-hybridized carbons (Fsp3) is 0.267. The number of pyridine rings is 1. The molecule has 2 aliphatic rings. The van der Waals surface area contributed by atoms with E-state index in [9.17, 15) is 27.2 Å². The van der Waals surface area contributed by atoms with Crippen molar-refractivity contribution in [2.45, 2.75) is 31.6 Å². The van der Waals surface area contributed by atoms with E-state index in [0.29, 0.717) is 24.9 Å². The lowest BCUT2D eigenvalue weighted by atomic mass is 10.1. The summed E-state index contributed by atoms with van der Waals surface area (Å²) in [7, 11) is 1.53. The van der Waals surface area contributed by atoms with E-state index in [-0.39, 0.29) is 29.8 Å². The van der Waals surface area contributed by atoms with E-state index in [2.05, 4.69) is 26.0 Å². The fourth-order valence-electron chi connectivity index (χ4n) is 4.69. The van der Waals surface area contributed by atoms with Crippen molar-refractivity contribution in [3.8, 4) is 0 Å². The molecule has 2 aromatic carbocycles. The summed E-state index contributed by atoms with van der Waals surface area (Å²) in [5.41, 5.74) is 2.56. The van der Waals surface area contributed by atoms with Gasteiger partial charge in [0.05, 0.1) is 11.1 Å². The average Bonchev–Trinajstić information content (AvgIpc) is 3.47. The molecule has 16 heteroatoms. The summed E-state index contributed by atoms with van der Waals surface area (Å²) in [4.78, 5) is 36.6. The number of anilines is 1. The van der Waals surface area contributed by atoms with Gasteiger partial charge in [-0.2, -0.15) is 13.2 Å². The first-order valence-electron chi connectivity index (χ1n) is 14.1. The molecule has 11 nitrogen and oxygen atoms in total. The number of likely N-dealkylation sites (N-methyl/N-ethyl adjacent to an activating group) is 1. The summed E-state index contributed by atoms with van der Waals surface area (Å²) in [6.07, 6.45) is 1.49. The highest BCUT2D eigenvalue weighted by Crippen LogP contribution is 2.26. The predicted octanol–water partition coefficient (Wildman–Crippen LogP) is 5.93. The van der Waals surface area contributed by atoms with Gasteiger partial charge in [0.15, 0.2) is 5.82 Å². The third-order valence-electron chi connectivity index (χ3n) is 7.21. The highest BCUT2D eigenvalue weighted by Gasteiger charge is 2.41. The van der Waals surface area contributed by atoms with Crippen LogP contribution in [0.3, 0.4) is 0 Å². The number of amides is 3. The van der Waals surface area contributed by atoms with E-state index in [0.717, 1.165) is 15.8 Å². The monoisotopic (exact) mass is 660 g/mol. The second-order valence-electron chi connectivity index (χ2n) is 10.4. The SMILES string of the molecule is CN(C(=O)NCc1cccc(F)c1Cl)[C@@H](CCCN1C=CN2NC(C(F)(F)F)=NC2=C1)COC(=O)Nc1cc2ccccc2cn1. The number of hydrogen-bond donors (Lipinski definition) is 3. The van der Waals surface area contributed by atoms with Crippen molar-refractivity contribution < 1.29 is 31.9 Å². The van der Waals surface area contributed by atoms with Gasteiger partial charge in [0, 0.05) is 50.3 Å². The van der Waals surface area contributed by atoms with Gasteiger partial charge in [-0.05, 0) is 35.9 Å². The number of amidine groups is 1. The van der Waals surface area contributed by atoms with Crippen LogP contribution in [0.25, 0.3) is 10.8 Å². The first-order valence-corrected chi connectivity index (χ1v) is 14.5. The van der Waals surface area contributed by atoms with Crippen LogP contribution in [0, 0.1) is 5.82 Å². The minimum atomic E-state index is -4.62. The second kappa shape index (κ2) is 13.9. The van der Waals surface area contributed by atoms with Crippen LogP contribution < -0.4 is 16.1 Å². The molecule has 3 amide bonds. The molecular formula is C30H29ClF4N8O3. The van der Waals surface area contributed by atoms with Crippen molar-refractivity contribution in [2.24, 2.45) is 4.99 Å². The molecule has 3 heterocycles. The summed E-state index contributed by atoms with van der Waals surface area (Å²) in [5.74, 6) is -1.37. The maximum atomic E-state index is 13.8. The second-order valence-corrected chi connectivity index (χ2v) is 10.8. The Morgan fingerprint density at radius 3 is 2.70 bits per heavy atom. The quantitative estimate of drug-likeness (QED) is 0.231. The summed E-state index contributed by atoms with van der Waals surface area (Å²) >= 11 is 6.01. The van der Waals surface area contributed by atoms with Crippen molar-refractivity contribution in [1.29, 1.82) is 0 Å². The van der Waals surface area contributed by atoms with Crippen molar-refractivity contribution >= 4 is 46.2 Å². The Balaban J connectivity index is 1.21. The normalized spacial score (nSPS) is 14.7. The minimum Gasteiger partial charge on any atom is -0.447 e. The number of fused-ring (bicyclic) bond motifs is 2. The zero-order chi connectivity index (χ0) is 32.8. The van der Waals surface area contributed by atoms with E-state index in [1.165, 1.54) is 36.5 Å². The van der Waals surface area contributed by atoms with Gasteiger partial charge in [-0.1, -0.05) is 48.0 Å². The van der Waals surface area contributed by atoms with Gasteiger partial charge in [0.1, 0.15) is 18.2 Å². The van der Waals surface area contributed by atoms with Gasteiger partial charge >= 0.3 is 18.3 Å². The maximum Gasteiger partial charge on any atom is 0.451 e. The number of nitrogens with one attached hydrogen (secondary N) is 3. The number of hydrazine groups is 1. The molecule has 0 unspecified atom stereocenters. The van der Waals surface area contributed by atoms with Crippen LogP contribution in [0.5, 0.6) is 0 Å². The minimum absolute atomic E-state index is 0.0431. The number of nitrogens with zero attached hydrogens (tertiary/aromatic N) is 5. The Bertz CT molecular complexity index is 1700. The molecule has 3 aromatic rings. The van der Waals surface area contributed by atoms with Crippen LogP contribution in [0.4, 0.5) is 33.0 Å². The summed E-state index contributed by atoms with van der Waals surface area (Å²) in [6, 6.07) is 12.4. The molecule has 0 aliphatic carbocycles. The zero-order valence-corrected chi connectivity index (χ0v) is 25.1. The zero-order valence-electron chi connectivity index (χ0n) is 24.4. The van der Waals surface area contributed by atoms with Crippen molar-refractivity contribution in [1.82, 2.24) is 30.5 Å². The van der Waals surface area contributed by atoms with Crippen molar-refractivity contribution in [2.75, 3.05) is 25.5 Å². The molecule has 3 N–H and O–H groups in total. The third-order valence-corrected chi connectivity index (χ3v) is 7.63. The molecule has 2 aliphatic heterocycles. The van der Waals surface area contributed by atoms with Crippen LogP contribution in [-0.2, 0) is 11.3 Å². The smallest absolute Gasteiger partial charge is 0.447 e. The van der Waals surface area contributed by atoms with Crippen LogP contribution in [0.1, 0.15) is 18.4 Å². The van der Waals surface area contributed by atoms with Crippen LogP contribution in [0.2, 0.25) is 5.02 Å². The number of halogens is 5. The van der Waals surface area contributed by atoms with Gasteiger partial charge in [0.2, 0.25) is 5.84 Å². The summed E-state index contributed by atoms with van der Waals surface area (Å²) in [5, 5.41) is 8.11. The van der Waals surface area contributed by atoms with Gasteiger partial charge in [-0.15, -0.1) is 0 Å². The van der Waals surface area contributed by atoms with E-state index in [1.54, 1.807) is 29.4 Å². The van der Waals surface area contributed by atoms with Crippen LogP contribution in [0.15, 0.2) is 84.1 Å². The standard InChI is InChI=1S/C30H29ClF4N8O3/c1-41(28(44)37-16-21-8-4-10-23(32)26(21)31)22(18-46-29(45)38-24-14-19-6-2-3-7-20(19)15-36-24)9-5-11-42-12-13-43-25(17-42)39-27(40-43)30(33,34)35/h2-4,6-8,10,12-15,17,22H,5,9,11,16,18H2,1H3,(H,37,44)(H,39,40)(H,36,38,45)/t22-/m0/s1. The number of benzene rings is 2. The summed E-state index contributed by atoms with van der Waals surface area (Å²) in [6.45, 7) is 0.138. The van der Waals surface area contributed by atoms with Crippen molar-refractivity contribution in [3.05, 3.63) is 95.6 Å². The number of rotatable bonds is 10. The highest BCUT2D eigenvalue weighted by atomic mass is 35.5. The van der Waals surface area contributed by atoms with Gasteiger partial charge in [0.25, 0.3) is 0 Å². The Kier molecular flexibility index (Phi) is 9.80. The van der Waals surface area contributed by atoms with Crippen molar-refractivity contribution in [3.63, 3.8) is 0 Å². The molecule has 0 saturated carbocycles. The topological polar surface area (TPSA) is 114 Å². The molecule has 46 heavy (non-hydrogen) atoms. The molecule has 242 valence electrons. The van der Waals surface area contributed by atoms with E-state index >= 15 is 0 Å². The lowest BCUT2D eigenvalue weighted by Gasteiger charge is -2.29. The number of aromatic nitrogens is 1. The number of alkyl halides is 3. The number of aliphatic imine (C=N–C) groups is 1. The largest absolute Gasteiger partial charge is 0.451 e. The van der Waals surface area contributed by atoms with Gasteiger partial charge in [-0.3, -0.25) is 10.7 Å². The lowest BCUT2D eigenvalue weighted by molar-refractivity contribution is -0.0625. The molecule has 0 radical (unpaired) electrons. The van der Waals surface area contributed by atoms with Crippen LogP contribution >= 0.6 is 11.6 Å². The predicted molar refractivity (Wildman–Crippen MR) is 164 cm³/mol. The first kappa shape index (κ1) is 32.3. The number of hydrogen-bond acceptors (Lipinski definition) is 8. The van der Waals surface area contributed by atoms with Gasteiger partial charge < -0.3 is 19.9 Å². The molecular weight excluding hydrogens is 632 g/mol. The fourth-order valence-corrected chi connectivity index (χ4v) is 4.88. The molecule has 5 rings (SSSR count). The molecule has 1 aromatic heterocycles. The number of carbonyl (C=O) groups excluding carboxylic acids is 2. The molecule has 0 fully saturated rings. The Morgan fingerprint density at radius 2 is 1.91 bits per heavy atom. The van der Waals surface area contributed by atoms with E-state index in [1.807, 2.05) is 24.3 Å². The lowest BCUT2D eigenvalue weighted by Crippen LogP contribution is -2.46. The first-order chi connectivity index (χ1) is 22.0. The number of ether oxygens (including phenoxy) is 1. The number of urea groups is 1. The molecule has 0 bridgehead atoms. The van der Waals surface area contributed by atoms with Gasteiger partial charge in [-0.25, -0.2) is 29.0 Å². The molecule has 1 atom stereocenters. The highest BCUT2D eigenvalue weighted by molar-refractivity contribution is 6.31. The Labute approximate surface area is 266 Å². The number of carbonyl (C=O) groups is 2. The molecule has 0 saturated heterocycles.